The summed E-state index contributed by atoms with van der Waals surface area (Å²) in [5.74, 6) is -0.133. The minimum absolute atomic E-state index is 0.117. The number of benzene rings is 2. The van der Waals surface area contributed by atoms with Crippen molar-refractivity contribution in [2.45, 2.75) is 13.5 Å². The van der Waals surface area contributed by atoms with E-state index in [1.165, 1.54) is 36.4 Å². The molecule has 3 nitrogen and oxygen atoms in total. The lowest BCUT2D eigenvalue weighted by Crippen LogP contribution is -2.11. The van der Waals surface area contributed by atoms with Gasteiger partial charge in [0, 0.05) is 17.3 Å². The van der Waals surface area contributed by atoms with E-state index in [2.05, 4.69) is 4.98 Å². The van der Waals surface area contributed by atoms with Crippen LogP contribution in [0.5, 0.6) is 0 Å². The lowest BCUT2D eigenvalue weighted by Gasteiger charge is -2.04. The Kier molecular flexibility index (Phi) is 4.02. The smallest absolute Gasteiger partial charge is 0.182 e. The molecule has 1 aromatic heterocycles. The van der Waals surface area contributed by atoms with Gasteiger partial charge in [0.1, 0.15) is 17.5 Å². The van der Waals surface area contributed by atoms with Crippen LogP contribution in [0.3, 0.4) is 0 Å². The van der Waals surface area contributed by atoms with Crippen LogP contribution in [0.2, 0.25) is 0 Å². The van der Waals surface area contributed by atoms with Gasteiger partial charge in [0.05, 0.1) is 12.2 Å². The minimum atomic E-state index is -0.376. The van der Waals surface area contributed by atoms with Crippen molar-refractivity contribution in [3.63, 3.8) is 0 Å². The number of hydrogen-bond acceptors (Lipinski definition) is 2. The molecule has 116 valence electrons. The molecule has 0 radical (unpaired) electrons. The molecule has 1 heterocycles. The topological polar surface area (TPSA) is 34.9 Å². The summed E-state index contributed by atoms with van der Waals surface area (Å²) in [5.41, 5.74) is 1.90. The molecule has 0 bridgehead atoms. The first-order valence-electron chi connectivity index (χ1n) is 7.11. The summed E-state index contributed by atoms with van der Waals surface area (Å²) in [5, 5.41) is 0. The number of halogens is 2. The van der Waals surface area contributed by atoms with E-state index in [4.69, 9.17) is 0 Å². The number of carbonyl (C=O) groups excluding carboxylic acids is 1. The average molecular weight is 312 g/mol. The zero-order chi connectivity index (χ0) is 16.4. The van der Waals surface area contributed by atoms with Crippen LogP contribution in [0.4, 0.5) is 8.78 Å². The monoisotopic (exact) mass is 312 g/mol. The van der Waals surface area contributed by atoms with Gasteiger partial charge in [-0.3, -0.25) is 4.79 Å². The summed E-state index contributed by atoms with van der Waals surface area (Å²) in [6, 6.07) is 11.5. The van der Waals surface area contributed by atoms with E-state index in [0.29, 0.717) is 17.1 Å². The number of rotatable bonds is 4. The average Bonchev–Trinajstić information content (AvgIpc) is 2.89. The normalized spacial score (nSPS) is 10.7. The highest BCUT2D eigenvalue weighted by molar-refractivity contribution is 5.95. The van der Waals surface area contributed by atoms with Gasteiger partial charge in [0.15, 0.2) is 5.78 Å². The molecule has 0 fully saturated rings. The maximum Gasteiger partial charge on any atom is 0.182 e. The summed E-state index contributed by atoms with van der Waals surface area (Å²) < 4.78 is 27.6. The van der Waals surface area contributed by atoms with Gasteiger partial charge in [-0.25, -0.2) is 13.8 Å². The van der Waals surface area contributed by atoms with Crippen molar-refractivity contribution in [3.05, 3.63) is 77.8 Å². The van der Waals surface area contributed by atoms with Crippen molar-refractivity contribution in [2.24, 2.45) is 0 Å². The van der Waals surface area contributed by atoms with E-state index in [0.717, 1.165) is 5.56 Å². The number of nitrogens with zero attached hydrogens (tertiary/aromatic N) is 2. The van der Waals surface area contributed by atoms with E-state index < -0.39 is 0 Å². The number of aromatic nitrogens is 2. The van der Waals surface area contributed by atoms with Gasteiger partial charge in [-0.15, -0.1) is 0 Å². The second-order valence-electron chi connectivity index (χ2n) is 5.24. The van der Waals surface area contributed by atoms with Gasteiger partial charge < -0.3 is 4.57 Å². The summed E-state index contributed by atoms with van der Waals surface area (Å²) in [7, 11) is 0. The van der Waals surface area contributed by atoms with Crippen LogP contribution < -0.4 is 0 Å². The molecule has 0 aliphatic heterocycles. The van der Waals surface area contributed by atoms with E-state index in [1.54, 1.807) is 29.8 Å². The summed E-state index contributed by atoms with van der Waals surface area (Å²) in [4.78, 5) is 16.6. The number of Topliss-reactive ketones (excluding diaryl/α,β-unsaturated/α-hetero) is 1. The Morgan fingerprint density at radius 3 is 2.17 bits per heavy atom. The summed E-state index contributed by atoms with van der Waals surface area (Å²) in [6.07, 6.45) is 1.75. The van der Waals surface area contributed by atoms with Crippen LogP contribution >= 0.6 is 0 Å². The molecule has 0 spiro atoms. The second-order valence-corrected chi connectivity index (χ2v) is 5.24. The standard InChI is InChI=1S/C18H14F2N2O/c1-12-21-17(13-2-6-15(19)7-3-13)10-22(12)11-18(23)14-4-8-16(20)9-5-14/h2-10H,11H2,1H3. The van der Waals surface area contributed by atoms with Crippen LogP contribution in [-0.4, -0.2) is 15.3 Å². The molecular weight excluding hydrogens is 298 g/mol. The quantitative estimate of drug-likeness (QED) is 0.682. The van der Waals surface area contributed by atoms with E-state index in [-0.39, 0.29) is 24.0 Å². The molecule has 3 aromatic rings. The van der Waals surface area contributed by atoms with Gasteiger partial charge >= 0.3 is 0 Å². The Bertz CT molecular complexity index is 836. The number of aryl methyl sites for hydroxylation is 1. The molecular formula is C18H14F2N2O. The molecule has 0 saturated heterocycles. The molecule has 2 aromatic carbocycles. The largest absolute Gasteiger partial charge is 0.327 e. The Hall–Kier alpha value is -2.82. The number of carbonyl (C=O) groups is 1. The molecule has 0 amide bonds. The van der Waals surface area contributed by atoms with Crippen molar-refractivity contribution in [1.82, 2.24) is 9.55 Å². The number of imidazole rings is 1. The number of hydrogen-bond donors (Lipinski definition) is 0. The molecule has 3 rings (SSSR count). The zero-order valence-electron chi connectivity index (χ0n) is 12.5. The lowest BCUT2D eigenvalue weighted by atomic mass is 10.1. The third-order valence-corrected chi connectivity index (χ3v) is 3.60. The van der Waals surface area contributed by atoms with Gasteiger partial charge in [-0.2, -0.15) is 0 Å². The summed E-state index contributed by atoms with van der Waals surface area (Å²) >= 11 is 0. The van der Waals surface area contributed by atoms with E-state index >= 15 is 0 Å². The highest BCUT2D eigenvalue weighted by Crippen LogP contribution is 2.19. The summed E-state index contributed by atoms with van der Waals surface area (Å²) in [6.45, 7) is 1.91. The third kappa shape index (κ3) is 3.34. The highest BCUT2D eigenvalue weighted by Gasteiger charge is 2.11. The van der Waals surface area contributed by atoms with Crippen LogP contribution in [0.1, 0.15) is 16.2 Å². The van der Waals surface area contributed by atoms with Crippen molar-refractivity contribution in [3.8, 4) is 11.3 Å². The molecule has 23 heavy (non-hydrogen) atoms. The first kappa shape index (κ1) is 15.1. The fourth-order valence-corrected chi connectivity index (χ4v) is 2.31. The van der Waals surface area contributed by atoms with Gasteiger partial charge in [0.2, 0.25) is 0 Å². The highest BCUT2D eigenvalue weighted by atomic mass is 19.1. The van der Waals surface area contributed by atoms with Gasteiger partial charge in [-0.1, -0.05) is 0 Å². The van der Waals surface area contributed by atoms with Crippen LogP contribution in [0, 0.1) is 18.6 Å². The predicted molar refractivity (Wildman–Crippen MR) is 83.1 cm³/mol. The van der Waals surface area contributed by atoms with Crippen LogP contribution in [0.25, 0.3) is 11.3 Å². The molecule has 0 saturated carbocycles. The Morgan fingerprint density at radius 2 is 1.57 bits per heavy atom. The maximum atomic E-state index is 13.0. The molecule has 0 aliphatic carbocycles. The molecule has 0 atom stereocenters. The zero-order valence-corrected chi connectivity index (χ0v) is 12.5. The van der Waals surface area contributed by atoms with Gasteiger partial charge in [-0.05, 0) is 55.5 Å². The van der Waals surface area contributed by atoms with Crippen LogP contribution in [0.15, 0.2) is 54.7 Å². The fourth-order valence-electron chi connectivity index (χ4n) is 2.31. The molecule has 5 heteroatoms. The second kappa shape index (κ2) is 6.12. The Balaban J connectivity index is 1.82. The Morgan fingerprint density at radius 1 is 1.00 bits per heavy atom. The van der Waals surface area contributed by atoms with E-state index in [1.807, 2.05) is 0 Å². The maximum absolute atomic E-state index is 13.0. The van der Waals surface area contributed by atoms with Crippen molar-refractivity contribution in [2.75, 3.05) is 0 Å². The molecule has 0 N–H and O–H groups in total. The number of ketones is 1. The van der Waals surface area contributed by atoms with Crippen molar-refractivity contribution >= 4 is 5.78 Å². The SMILES string of the molecule is Cc1nc(-c2ccc(F)cc2)cn1CC(=O)c1ccc(F)cc1. The predicted octanol–water partition coefficient (Wildman–Crippen LogP) is 4.02. The first-order valence-corrected chi connectivity index (χ1v) is 7.11. The van der Waals surface area contributed by atoms with E-state index in [9.17, 15) is 13.6 Å². The Labute approximate surface area is 132 Å². The third-order valence-electron chi connectivity index (χ3n) is 3.60. The lowest BCUT2D eigenvalue weighted by molar-refractivity contribution is 0.0971. The van der Waals surface area contributed by atoms with Gasteiger partial charge in [0.25, 0.3) is 0 Å². The molecule has 0 aliphatic rings. The first-order chi connectivity index (χ1) is 11.0. The fraction of sp³-hybridized carbons (Fsp3) is 0.111. The minimum Gasteiger partial charge on any atom is -0.327 e. The van der Waals surface area contributed by atoms with Crippen LogP contribution in [-0.2, 0) is 6.54 Å². The van der Waals surface area contributed by atoms with Crippen molar-refractivity contribution in [1.29, 1.82) is 0 Å². The molecule has 0 unspecified atom stereocenters. The van der Waals surface area contributed by atoms with Crippen molar-refractivity contribution < 1.29 is 13.6 Å².